The minimum absolute atomic E-state index is 0.191. The predicted octanol–water partition coefficient (Wildman–Crippen LogP) is 3.02. The van der Waals surface area contributed by atoms with Crippen LogP contribution < -0.4 is 0 Å². The predicted molar refractivity (Wildman–Crippen MR) is 107 cm³/mol. The van der Waals surface area contributed by atoms with E-state index in [1.54, 1.807) is 35.4 Å². The quantitative estimate of drug-likeness (QED) is 0.680. The number of rotatable bonds is 3. The van der Waals surface area contributed by atoms with Gasteiger partial charge in [-0.1, -0.05) is 23.2 Å². The largest absolute Gasteiger partial charge is 0.345 e. The van der Waals surface area contributed by atoms with Crippen molar-refractivity contribution in [3.05, 3.63) is 58.3 Å². The van der Waals surface area contributed by atoms with Gasteiger partial charge in [-0.25, -0.2) is 13.4 Å². The van der Waals surface area contributed by atoms with Gasteiger partial charge in [0.15, 0.2) is 0 Å². The number of nitrogens with zero attached hydrogens (tertiary/aromatic N) is 3. The van der Waals surface area contributed by atoms with Crippen LogP contribution in [0.4, 0.5) is 0 Å². The average Bonchev–Trinajstić information content (AvgIpc) is 3.12. The van der Waals surface area contributed by atoms with Crippen LogP contribution in [0.1, 0.15) is 10.4 Å². The third kappa shape index (κ3) is 3.37. The minimum Gasteiger partial charge on any atom is -0.345 e. The number of amides is 1. The highest BCUT2D eigenvalue weighted by Gasteiger charge is 2.32. The molecule has 1 aromatic carbocycles. The average molecular weight is 439 g/mol. The van der Waals surface area contributed by atoms with E-state index in [1.807, 2.05) is 0 Å². The summed E-state index contributed by atoms with van der Waals surface area (Å²) in [5.74, 6) is -0.241. The molecule has 2 aromatic heterocycles. The minimum atomic E-state index is -3.69. The first kappa shape index (κ1) is 19.2. The lowest BCUT2D eigenvalue weighted by Gasteiger charge is -2.34. The fourth-order valence-electron chi connectivity index (χ4n) is 3.25. The third-order valence-electron chi connectivity index (χ3n) is 4.72. The summed E-state index contributed by atoms with van der Waals surface area (Å²) in [6.45, 7) is 0.952. The zero-order valence-electron chi connectivity index (χ0n) is 14.6. The monoisotopic (exact) mass is 438 g/mol. The molecule has 28 heavy (non-hydrogen) atoms. The van der Waals surface area contributed by atoms with Crippen molar-refractivity contribution in [3.63, 3.8) is 0 Å². The number of H-pyrrole nitrogens is 1. The SMILES string of the molecule is O=C(c1ccc(Cl)cc1Cl)N1CCN(S(=O)(=O)c2c[nH]c3ncccc23)CC1. The van der Waals surface area contributed by atoms with E-state index < -0.39 is 10.0 Å². The van der Waals surface area contributed by atoms with E-state index >= 15 is 0 Å². The Morgan fingerprint density at radius 1 is 1.11 bits per heavy atom. The smallest absolute Gasteiger partial charge is 0.255 e. The number of carbonyl (C=O) groups excluding carboxylic acids is 1. The lowest BCUT2D eigenvalue weighted by atomic mass is 10.2. The van der Waals surface area contributed by atoms with Crippen molar-refractivity contribution in [3.8, 4) is 0 Å². The summed E-state index contributed by atoms with van der Waals surface area (Å²) < 4.78 is 27.5. The Hall–Kier alpha value is -2.13. The number of halogens is 2. The van der Waals surface area contributed by atoms with Gasteiger partial charge in [-0.3, -0.25) is 4.79 Å². The molecule has 7 nitrogen and oxygen atoms in total. The second kappa shape index (κ2) is 7.36. The van der Waals surface area contributed by atoms with Crippen LogP contribution in [0.25, 0.3) is 11.0 Å². The van der Waals surface area contributed by atoms with Gasteiger partial charge >= 0.3 is 0 Å². The highest BCUT2D eigenvalue weighted by molar-refractivity contribution is 7.89. The van der Waals surface area contributed by atoms with Crippen molar-refractivity contribution >= 4 is 50.2 Å². The molecule has 0 saturated carbocycles. The molecule has 1 N–H and O–H groups in total. The van der Waals surface area contributed by atoms with Crippen LogP contribution in [-0.4, -0.2) is 59.7 Å². The molecule has 0 bridgehead atoms. The topological polar surface area (TPSA) is 86.4 Å². The number of hydrogen-bond donors (Lipinski definition) is 1. The number of sulfonamides is 1. The molecule has 1 aliphatic heterocycles. The van der Waals surface area contributed by atoms with E-state index in [9.17, 15) is 13.2 Å². The molecule has 1 aliphatic rings. The number of fused-ring (bicyclic) bond motifs is 1. The normalized spacial score (nSPS) is 15.9. The molecule has 1 fully saturated rings. The Morgan fingerprint density at radius 2 is 1.86 bits per heavy atom. The molecule has 3 heterocycles. The lowest BCUT2D eigenvalue weighted by Crippen LogP contribution is -2.50. The number of pyridine rings is 1. The summed E-state index contributed by atoms with van der Waals surface area (Å²) in [6, 6.07) is 8.11. The fraction of sp³-hybridized carbons (Fsp3) is 0.222. The zero-order chi connectivity index (χ0) is 19.9. The van der Waals surface area contributed by atoms with Crippen LogP contribution in [0.3, 0.4) is 0 Å². The van der Waals surface area contributed by atoms with Crippen molar-refractivity contribution in [1.29, 1.82) is 0 Å². The van der Waals surface area contributed by atoms with Gasteiger partial charge in [-0.05, 0) is 30.3 Å². The molecule has 146 valence electrons. The molecule has 1 saturated heterocycles. The highest BCUT2D eigenvalue weighted by Crippen LogP contribution is 2.26. The number of aromatic nitrogens is 2. The molecule has 0 aliphatic carbocycles. The number of hydrogen-bond acceptors (Lipinski definition) is 4. The van der Waals surface area contributed by atoms with Crippen LogP contribution in [-0.2, 0) is 10.0 Å². The zero-order valence-corrected chi connectivity index (χ0v) is 16.9. The summed E-state index contributed by atoms with van der Waals surface area (Å²) >= 11 is 12.0. The van der Waals surface area contributed by atoms with Crippen LogP contribution in [0.5, 0.6) is 0 Å². The Balaban J connectivity index is 1.51. The summed E-state index contributed by atoms with van der Waals surface area (Å²) in [5.41, 5.74) is 0.873. The van der Waals surface area contributed by atoms with Gasteiger partial charge in [0.2, 0.25) is 10.0 Å². The van der Waals surface area contributed by atoms with E-state index in [0.717, 1.165) is 0 Å². The standard InChI is InChI=1S/C18H16Cl2N4O3S/c19-12-3-4-13(15(20)10-12)18(25)23-6-8-24(9-7-23)28(26,27)16-11-22-17-14(16)2-1-5-21-17/h1-5,10-11H,6-9H2,(H,21,22). The Labute approximate surface area is 171 Å². The number of nitrogens with one attached hydrogen (secondary N) is 1. The summed E-state index contributed by atoms with van der Waals surface area (Å²) in [4.78, 5) is 21.5. The molecule has 0 spiro atoms. The lowest BCUT2D eigenvalue weighted by molar-refractivity contribution is 0.0698. The van der Waals surface area contributed by atoms with Gasteiger partial charge in [0.25, 0.3) is 5.91 Å². The van der Waals surface area contributed by atoms with Gasteiger partial charge in [-0.2, -0.15) is 4.31 Å². The molecule has 1 amide bonds. The molecule has 0 unspecified atom stereocenters. The van der Waals surface area contributed by atoms with E-state index in [0.29, 0.717) is 21.6 Å². The van der Waals surface area contributed by atoms with Gasteiger partial charge < -0.3 is 9.88 Å². The summed E-state index contributed by atoms with van der Waals surface area (Å²) in [5, 5.41) is 1.28. The van der Waals surface area contributed by atoms with E-state index in [-0.39, 0.29) is 42.0 Å². The second-order valence-electron chi connectivity index (χ2n) is 6.37. The summed E-state index contributed by atoms with van der Waals surface area (Å²) in [7, 11) is -3.69. The molecular formula is C18H16Cl2N4O3S. The Kier molecular flexibility index (Phi) is 5.05. The van der Waals surface area contributed by atoms with Gasteiger partial charge in [0.05, 0.1) is 10.6 Å². The molecular weight excluding hydrogens is 423 g/mol. The summed E-state index contributed by atoms with van der Waals surface area (Å²) in [6.07, 6.45) is 3.06. The van der Waals surface area contributed by atoms with Crippen molar-refractivity contribution < 1.29 is 13.2 Å². The van der Waals surface area contributed by atoms with Gasteiger partial charge in [-0.15, -0.1) is 0 Å². The van der Waals surface area contributed by atoms with Crippen molar-refractivity contribution in [2.45, 2.75) is 4.90 Å². The molecule has 4 rings (SSSR count). The fourth-order valence-corrected chi connectivity index (χ4v) is 5.31. The van der Waals surface area contributed by atoms with Gasteiger partial charge in [0, 0.05) is 49.0 Å². The molecule has 3 aromatic rings. The highest BCUT2D eigenvalue weighted by atomic mass is 35.5. The van der Waals surface area contributed by atoms with Crippen molar-refractivity contribution in [1.82, 2.24) is 19.2 Å². The number of carbonyl (C=O) groups is 1. The first-order valence-electron chi connectivity index (χ1n) is 8.54. The third-order valence-corrected chi connectivity index (χ3v) is 7.20. The van der Waals surface area contributed by atoms with E-state index in [1.165, 1.54) is 16.6 Å². The van der Waals surface area contributed by atoms with E-state index in [2.05, 4.69) is 9.97 Å². The van der Waals surface area contributed by atoms with E-state index in [4.69, 9.17) is 23.2 Å². The van der Waals surface area contributed by atoms with Crippen molar-refractivity contribution in [2.24, 2.45) is 0 Å². The van der Waals surface area contributed by atoms with Gasteiger partial charge in [0.1, 0.15) is 10.5 Å². The van der Waals surface area contributed by atoms with Crippen LogP contribution in [0, 0.1) is 0 Å². The molecule has 10 heteroatoms. The number of piperazine rings is 1. The first-order chi connectivity index (χ1) is 13.4. The van der Waals surface area contributed by atoms with Crippen molar-refractivity contribution in [2.75, 3.05) is 26.2 Å². The molecule has 0 atom stereocenters. The first-order valence-corrected chi connectivity index (χ1v) is 10.7. The number of aromatic amines is 1. The Bertz CT molecular complexity index is 1150. The maximum absolute atomic E-state index is 13.0. The maximum atomic E-state index is 13.0. The van der Waals surface area contributed by atoms with Crippen LogP contribution in [0.15, 0.2) is 47.6 Å². The maximum Gasteiger partial charge on any atom is 0.255 e. The molecule has 0 radical (unpaired) electrons. The number of benzene rings is 1. The Morgan fingerprint density at radius 3 is 2.57 bits per heavy atom. The van der Waals surface area contributed by atoms with Crippen LogP contribution in [0.2, 0.25) is 10.0 Å². The van der Waals surface area contributed by atoms with Crippen LogP contribution >= 0.6 is 23.2 Å². The second-order valence-corrected chi connectivity index (χ2v) is 9.12.